The van der Waals surface area contributed by atoms with Crippen molar-refractivity contribution in [3.63, 3.8) is 0 Å². The van der Waals surface area contributed by atoms with Crippen LogP contribution >= 0.6 is 22.9 Å². The molecule has 0 fully saturated rings. The van der Waals surface area contributed by atoms with E-state index in [1.54, 1.807) is 11.4 Å². The average molecular weight is 415 g/mol. The molecule has 0 radical (unpaired) electrons. The molecule has 0 saturated carbocycles. The first-order valence-electron chi connectivity index (χ1n) is 8.28. The Kier molecular flexibility index (Phi) is 7.29. The van der Waals surface area contributed by atoms with E-state index >= 15 is 0 Å². The second kappa shape index (κ2) is 9.25. The highest BCUT2D eigenvalue weighted by Crippen LogP contribution is 2.28. The summed E-state index contributed by atoms with van der Waals surface area (Å²) >= 11 is 7.06. The Morgan fingerprint density at radius 1 is 1.26 bits per heavy atom. The Morgan fingerprint density at radius 3 is 2.48 bits per heavy atom. The van der Waals surface area contributed by atoms with E-state index in [-0.39, 0.29) is 17.4 Å². The molecular weight excluding hydrogens is 395 g/mol. The summed E-state index contributed by atoms with van der Waals surface area (Å²) in [6.45, 7) is 3.74. The third-order valence-electron chi connectivity index (χ3n) is 3.84. The monoisotopic (exact) mass is 414 g/mol. The van der Waals surface area contributed by atoms with E-state index in [2.05, 4.69) is 10.3 Å². The predicted molar refractivity (Wildman–Crippen MR) is 102 cm³/mol. The van der Waals surface area contributed by atoms with Crippen LogP contribution in [0.5, 0.6) is 0 Å². The van der Waals surface area contributed by atoms with Crippen molar-refractivity contribution in [1.82, 2.24) is 10.3 Å². The van der Waals surface area contributed by atoms with E-state index in [0.29, 0.717) is 22.7 Å². The number of nitrogens with zero attached hydrogens (tertiary/aromatic N) is 1. The molecular formula is C18H20ClFN2O4S. The highest BCUT2D eigenvalue weighted by Gasteiger charge is 2.27. The lowest BCUT2D eigenvalue weighted by Crippen LogP contribution is -2.48. The molecule has 1 aromatic heterocycles. The Morgan fingerprint density at radius 2 is 1.93 bits per heavy atom. The lowest BCUT2D eigenvalue weighted by molar-refractivity contribution is -0.142. The van der Waals surface area contributed by atoms with Gasteiger partial charge in [0.25, 0.3) is 0 Å². The van der Waals surface area contributed by atoms with Crippen LogP contribution in [-0.4, -0.2) is 39.2 Å². The Labute approximate surface area is 165 Å². The quantitative estimate of drug-likeness (QED) is 0.578. The lowest BCUT2D eigenvalue weighted by atomic mass is 10.0. The minimum absolute atomic E-state index is 0.0210. The van der Waals surface area contributed by atoms with Crippen molar-refractivity contribution in [2.45, 2.75) is 38.8 Å². The molecule has 3 N–H and O–H groups in total. The van der Waals surface area contributed by atoms with Crippen molar-refractivity contribution in [2.24, 2.45) is 5.92 Å². The topological polar surface area (TPSA) is 99.5 Å². The number of aromatic nitrogens is 1. The molecule has 27 heavy (non-hydrogen) atoms. The van der Waals surface area contributed by atoms with Crippen LogP contribution in [0, 0.1) is 11.7 Å². The zero-order valence-corrected chi connectivity index (χ0v) is 16.4. The molecule has 1 heterocycles. The molecule has 146 valence electrons. The molecule has 0 amide bonds. The summed E-state index contributed by atoms with van der Waals surface area (Å²) in [6, 6.07) is 2.19. The number of carbonyl (C=O) groups is 2. The average Bonchev–Trinajstić information content (AvgIpc) is 3.04. The molecule has 2 aromatic rings. The van der Waals surface area contributed by atoms with Gasteiger partial charge in [-0.05, 0) is 30.5 Å². The maximum atomic E-state index is 13.3. The Hall–Kier alpha value is -2.03. The van der Waals surface area contributed by atoms with Gasteiger partial charge in [0.1, 0.15) is 22.9 Å². The smallest absolute Gasteiger partial charge is 0.321 e. The molecule has 1 aromatic carbocycles. The number of carboxylic acid groups (broad SMARTS) is 2. The van der Waals surface area contributed by atoms with Gasteiger partial charge >= 0.3 is 11.9 Å². The van der Waals surface area contributed by atoms with Crippen LogP contribution in [0.3, 0.4) is 0 Å². The fraction of sp³-hybridized carbons (Fsp3) is 0.389. The van der Waals surface area contributed by atoms with Gasteiger partial charge in [-0.15, -0.1) is 11.3 Å². The first-order chi connectivity index (χ1) is 12.7. The van der Waals surface area contributed by atoms with E-state index in [1.165, 1.54) is 23.5 Å². The molecule has 0 saturated heterocycles. The second-order valence-corrected chi connectivity index (χ2v) is 7.82. The van der Waals surface area contributed by atoms with E-state index in [0.717, 1.165) is 0 Å². The summed E-state index contributed by atoms with van der Waals surface area (Å²) in [5.74, 6) is -2.67. The fourth-order valence-corrected chi connectivity index (χ4v) is 3.55. The zero-order chi connectivity index (χ0) is 20.1. The SMILES string of the molecule is CC(C)CC(NC(Cc1csc(-c2ccc(F)c(Cl)c2)n1)C(=O)O)C(=O)O. The van der Waals surface area contributed by atoms with Gasteiger partial charge in [-0.1, -0.05) is 25.4 Å². The first kappa shape index (κ1) is 21.3. The number of halogens is 2. The summed E-state index contributed by atoms with van der Waals surface area (Å²) < 4.78 is 13.3. The van der Waals surface area contributed by atoms with Crippen LogP contribution in [0.15, 0.2) is 23.6 Å². The minimum Gasteiger partial charge on any atom is -0.480 e. The van der Waals surface area contributed by atoms with Crippen molar-refractivity contribution in [1.29, 1.82) is 0 Å². The standard InChI is InChI=1S/C18H20ClFN2O4S/c1-9(2)5-14(17(23)24)22-15(18(25)26)7-11-8-27-16(21-11)10-3-4-13(20)12(19)6-10/h3-4,6,8-9,14-15,22H,5,7H2,1-2H3,(H,23,24)(H,25,26). The number of hydrogen-bond donors (Lipinski definition) is 3. The van der Waals surface area contributed by atoms with Crippen LogP contribution in [0.25, 0.3) is 10.6 Å². The molecule has 9 heteroatoms. The number of carboxylic acids is 2. The summed E-state index contributed by atoms with van der Waals surface area (Å²) in [6.07, 6.45) is 0.345. The van der Waals surface area contributed by atoms with Gasteiger partial charge in [-0.25, -0.2) is 9.37 Å². The Balaban J connectivity index is 2.15. The number of thiazole rings is 1. The summed E-state index contributed by atoms with van der Waals surface area (Å²) in [5, 5.41) is 23.7. The van der Waals surface area contributed by atoms with Crippen molar-refractivity contribution >= 4 is 34.9 Å². The largest absolute Gasteiger partial charge is 0.480 e. The molecule has 0 aliphatic rings. The van der Waals surface area contributed by atoms with Crippen molar-refractivity contribution in [3.8, 4) is 10.6 Å². The number of hydrogen-bond acceptors (Lipinski definition) is 5. The van der Waals surface area contributed by atoms with E-state index in [1.807, 2.05) is 13.8 Å². The summed E-state index contributed by atoms with van der Waals surface area (Å²) in [4.78, 5) is 27.3. The van der Waals surface area contributed by atoms with Crippen molar-refractivity contribution in [3.05, 3.63) is 40.1 Å². The molecule has 6 nitrogen and oxygen atoms in total. The zero-order valence-electron chi connectivity index (χ0n) is 14.8. The third-order valence-corrected chi connectivity index (χ3v) is 5.07. The van der Waals surface area contributed by atoms with Gasteiger partial charge in [0.15, 0.2) is 0 Å². The number of rotatable bonds is 9. The van der Waals surface area contributed by atoms with Gasteiger partial charge in [0.2, 0.25) is 0 Å². The van der Waals surface area contributed by atoms with Crippen LogP contribution in [0.1, 0.15) is 26.0 Å². The summed E-state index contributed by atoms with van der Waals surface area (Å²) in [5.41, 5.74) is 1.13. The van der Waals surface area contributed by atoms with E-state index < -0.39 is 29.8 Å². The van der Waals surface area contributed by atoms with E-state index in [4.69, 9.17) is 11.6 Å². The van der Waals surface area contributed by atoms with Crippen LogP contribution < -0.4 is 5.32 Å². The normalized spacial score (nSPS) is 13.5. The molecule has 2 atom stereocenters. The molecule has 2 rings (SSSR count). The molecule has 0 aliphatic heterocycles. The Bertz CT molecular complexity index is 827. The van der Waals surface area contributed by atoms with Gasteiger partial charge in [0, 0.05) is 17.4 Å². The number of benzene rings is 1. The highest BCUT2D eigenvalue weighted by atomic mass is 35.5. The van der Waals surface area contributed by atoms with Gasteiger partial charge < -0.3 is 10.2 Å². The maximum absolute atomic E-state index is 13.3. The van der Waals surface area contributed by atoms with Crippen LogP contribution in [0.4, 0.5) is 4.39 Å². The predicted octanol–water partition coefficient (Wildman–Crippen LogP) is 3.69. The molecule has 0 spiro atoms. The first-order valence-corrected chi connectivity index (χ1v) is 9.54. The molecule has 0 aliphatic carbocycles. The summed E-state index contributed by atoms with van der Waals surface area (Å²) in [7, 11) is 0. The van der Waals surface area contributed by atoms with Crippen molar-refractivity contribution in [2.75, 3.05) is 0 Å². The van der Waals surface area contributed by atoms with Gasteiger partial charge in [0.05, 0.1) is 10.7 Å². The number of nitrogens with one attached hydrogen (secondary N) is 1. The minimum atomic E-state index is -1.15. The van der Waals surface area contributed by atoms with Crippen LogP contribution in [0.2, 0.25) is 5.02 Å². The molecule has 0 bridgehead atoms. The third kappa shape index (κ3) is 5.98. The van der Waals surface area contributed by atoms with Gasteiger partial charge in [-0.3, -0.25) is 14.9 Å². The van der Waals surface area contributed by atoms with Crippen LogP contribution in [-0.2, 0) is 16.0 Å². The maximum Gasteiger partial charge on any atom is 0.321 e. The fourth-order valence-electron chi connectivity index (χ4n) is 2.54. The highest BCUT2D eigenvalue weighted by molar-refractivity contribution is 7.13. The molecule has 2 unspecified atom stereocenters. The van der Waals surface area contributed by atoms with Crippen molar-refractivity contribution < 1.29 is 24.2 Å². The second-order valence-electron chi connectivity index (χ2n) is 6.55. The van der Waals surface area contributed by atoms with Gasteiger partial charge in [-0.2, -0.15) is 0 Å². The number of aliphatic carboxylic acids is 2. The lowest BCUT2D eigenvalue weighted by Gasteiger charge is -2.21. The van der Waals surface area contributed by atoms with E-state index in [9.17, 15) is 24.2 Å².